The highest BCUT2D eigenvalue weighted by Gasteiger charge is 2.21. The number of likely N-dealkylation sites (N-methyl/N-ethyl adjacent to an activating group) is 1. The molecular weight excluding hydrogens is 240 g/mol. The van der Waals surface area contributed by atoms with E-state index in [-0.39, 0.29) is 11.9 Å². The highest BCUT2D eigenvalue weighted by Crippen LogP contribution is 2.15. The molecule has 1 unspecified atom stereocenters. The number of hydrogen-bond donors (Lipinski definition) is 1. The largest absolute Gasteiger partial charge is 0.497 e. The molecule has 0 fully saturated rings. The van der Waals surface area contributed by atoms with Gasteiger partial charge in [-0.1, -0.05) is 12.1 Å². The number of benzene rings is 1. The van der Waals surface area contributed by atoms with Crippen LogP contribution in [-0.2, 0) is 11.2 Å². The van der Waals surface area contributed by atoms with Crippen LogP contribution in [0.25, 0.3) is 0 Å². The quantitative estimate of drug-likeness (QED) is 0.852. The van der Waals surface area contributed by atoms with E-state index in [0.717, 1.165) is 12.2 Å². The van der Waals surface area contributed by atoms with Crippen molar-refractivity contribution in [2.45, 2.75) is 39.3 Å². The Labute approximate surface area is 115 Å². The predicted octanol–water partition coefficient (Wildman–Crippen LogP) is 1.82. The summed E-state index contributed by atoms with van der Waals surface area (Å²) in [5.74, 6) is 0.846. The Morgan fingerprint density at radius 2 is 1.89 bits per heavy atom. The van der Waals surface area contributed by atoms with Crippen LogP contribution in [-0.4, -0.2) is 36.5 Å². The molecule has 0 saturated carbocycles. The van der Waals surface area contributed by atoms with Gasteiger partial charge in [0.1, 0.15) is 5.75 Å². The molecule has 19 heavy (non-hydrogen) atoms. The van der Waals surface area contributed by atoms with Gasteiger partial charge in [0, 0.05) is 12.6 Å². The second-order valence-corrected chi connectivity index (χ2v) is 4.81. The van der Waals surface area contributed by atoms with Crippen LogP contribution in [0.3, 0.4) is 0 Å². The maximum atomic E-state index is 12.0. The number of nitrogens with two attached hydrogens (primary N) is 1. The van der Waals surface area contributed by atoms with Crippen LogP contribution in [0, 0.1) is 0 Å². The molecule has 2 atom stereocenters. The van der Waals surface area contributed by atoms with Crippen LogP contribution in [0.1, 0.15) is 26.3 Å². The zero-order valence-corrected chi connectivity index (χ0v) is 12.2. The molecule has 0 aliphatic heterocycles. The third-order valence-electron chi connectivity index (χ3n) is 3.24. The number of ether oxygens (including phenoxy) is 1. The SMILES string of the molecule is CCN(C(=O)[C@@H](C)N)C(C)Cc1ccc(OC)cc1. The molecule has 1 rings (SSSR count). The maximum absolute atomic E-state index is 12.0. The number of rotatable bonds is 6. The minimum Gasteiger partial charge on any atom is -0.497 e. The first-order valence-corrected chi connectivity index (χ1v) is 6.68. The van der Waals surface area contributed by atoms with Gasteiger partial charge in [-0.25, -0.2) is 0 Å². The van der Waals surface area contributed by atoms with Crippen LogP contribution in [0.4, 0.5) is 0 Å². The van der Waals surface area contributed by atoms with Crippen LogP contribution < -0.4 is 10.5 Å². The summed E-state index contributed by atoms with van der Waals surface area (Å²) in [6.07, 6.45) is 0.816. The van der Waals surface area contributed by atoms with Crippen LogP contribution in [0.5, 0.6) is 5.75 Å². The van der Waals surface area contributed by atoms with Gasteiger partial charge >= 0.3 is 0 Å². The third-order valence-corrected chi connectivity index (χ3v) is 3.24. The molecule has 0 bridgehead atoms. The molecule has 106 valence electrons. The molecule has 0 saturated heterocycles. The lowest BCUT2D eigenvalue weighted by Crippen LogP contribution is -2.47. The third kappa shape index (κ3) is 4.24. The van der Waals surface area contributed by atoms with Gasteiger partial charge in [0.05, 0.1) is 13.2 Å². The van der Waals surface area contributed by atoms with Gasteiger partial charge in [-0.15, -0.1) is 0 Å². The van der Waals surface area contributed by atoms with E-state index in [1.54, 1.807) is 14.0 Å². The Morgan fingerprint density at radius 1 is 1.32 bits per heavy atom. The Balaban J connectivity index is 2.70. The summed E-state index contributed by atoms with van der Waals surface area (Å²) in [7, 11) is 1.65. The first-order chi connectivity index (χ1) is 8.99. The van der Waals surface area contributed by atoms with Crippen molar-refractivity contribution in [3.63, 3.8) is 0 Å². The standard InChI is InChI=1S/C15H24N2O2/c1-5-17(15(18)12(3)16)11(2)10-13-6-8-14(19-4)9-7-13/h6-9,11-12H,5,10,16H2,1-4H3/t11?,12-/m1/s1. The normalized spacial score (nSPS) is 13.7. The summed E-state index contributed by atoms with van der Waals surface area (Å²) in [6.45, 7) is 6.43. The smallest absolute Gasteiger partial charge is 0.239 e. The monoisotopic (exact) mass is 264 g/mol. The average Bonchev–Trinajstić information content (AvgIpc) is 2.40. The highest BCUT2D eigenvalue weighted by molar-refractivity contribution is 5.81. The van der Waals surface area contributed by atoms with Gasteiger partial charge in [-0.05, 0) is 44.9 Å². The Morgan fingerprint density at radius 3 is 2.32 bits per heavy atom. The fraction of sp³-hybridized carbons (Fsp3) is 0.533. The summed E-state index contributed by atoms with van der Waals surface area (Å²) < 4.78 is 5.13. The van der Waals surface area contributed by atoms with E-state index in [4.69, 9.17) is 10.5 Å². The van der Waals surface area contributed by atoms with Crippen molar-refractivity contribution in [3.05, 3.63) is 29.8 Å². The van der Waals surface area contributed by atoms with Crippen molar-refractivity contribution in [3.8, 4) is 5.75 Å². The number of amides is 1. The van der Waals surface area contributed by atoms with Crippen molar-refractivity contribution in [1.29, 1.82) is 0 Å². The van der Waals surface area contributed by atoms with Gasteiger partial charge in [-0.2, -0.15) is 0 Å². The van der Waals surface area contributed by atoms with E-state index in [1.165, 1.54) is 5.56 Å². The number of methoxy groups -OCH3 is 1. The molecule has 0 aromatic heterocycles. The van der Waals surface area contributed by atoms with Crippen LogP contribution in [0.15, 0.2) is 24.3 Å². The van der Waals surface area contributed by atoms with Gasteiger partial charge in [0.15, 0.2) is 0 Å². The number of nitrogens with zero attached hydrogens (tertiary/aromatic N) is 1. The molecular formula is C15H24N2O2. The van der Waals surface area contributed by atoms with Crippen molar-refractivity contribution in [2.75, 3.05) is 13.7 Å². The molecule has 0 aliphatic carbocycles. The molecule has 4 nitrogen and oxygen atoms in total. The molecule has 4 heteroatoms. The van der Waals surface area contributed by atoms with E-state index in [9.17, 15) is 4.79 Å². The first kappa shape index (κ1) is 15.5. The number of carbonyl (C=O) groups excluding carboxylic acids is 1. The van der Waals surface area contributed by atoms with Crippen molar-refractivity contribution < 1.29 is 9.53 Å². The minimum atomic E-state index is -0.446. The van der Waals surface area contributed by atoms with E-state index in [1.807, 2.05) is 43.0 Å². The van der Waals surface area contributed by atoms with E-state index < -0.39 is 6.04 Å². The van der Waals surface area contributed by atoms with Crippen LogP contribution >= 0.6 is 0 Å². The lowest BCUT2D eigenvalue weighted by molar-refractivity contribution is -0.133. The topological polar surface area (TPSA) is 55.6 Å². The van der Waals surface area contributed by atoms with Crippen molar-refractivity contribution in [2.24, 2.45) is 5.73 Å². The summed E-state index contributed by atoms with van der Waals surface area (Å²) in [4.78, 5) is 13.8. The second kappa shape index (κ2) is 7.14. The number of hydrogen-bond acceptors (Lipinski definition) is 3. The fourth-order valence-electron chi connectivity index (χ4n) is 2.16. The van der Waals surface area contributed by atoms with E-state index >= 15 is 0 Å². The first-order valence-electron chi connectivity index (χ1n) is 6.68. The predicted molar refractivity (Wildman–Crippen MR) is 77.2 cm³/mol. The molecule has 0 aliphatic rings. The summed E-state index contributed by atoms with van der Waals surface area (Å²) >= 11 is 0. The zero-order valence-electron chi connectivity index (χ0n) is 12.2. The Hall–Kier alpha value is -1.55. The maximum Gasteiger partial charge on any atom is 0.239 e. The zero-order chi connectivity index (χ0) is 14.4. The summed E-state index contributed by atoms with van der Waals surface area (Å²) in [5.41, 5.74) is 6.86. The molecule has 2 N–H and O–H groups in total. The van der Waals surface area contributed by atoms with Gasteiger partial charge in [0.25, 0.3) is 0 Å². The average molecular weight is 264 g/mol. The van der Waals surface area contributed by atoms with Gasteiger partial charge < -0.3 is 15.4 Å². The highest BCUT2D eigenvalue weighted by atomic mass is 16.5. The lowest BCUT2D eigenvalue weighted by Gasteiger charge is -2.29. The minimum absolute atomic E-state index is 0.00325. The Bertz CT molecular complexity index is 401. The molecule has 0 radical (unpaired) electrons. The molecule has 1 amide bonds. The fourth-order valence-corrected chi connectivity index (χ4v) is 2.16. The van der Waals surface area contributed by atoms with Crippen molar-refractivity contribution in [1.82, 2.24) is 4.90 Å². The van der Waals surface area contributed by atoms with Crippen LogP contribution in [0.2, 0.25) is 0 Å². The van der Waals surface area contributed by atoms with E-state index in [0.29, 0.717) is 6.54 Å². The Kier molecular flexibility index (Phi) is 5.83. The number of carbonyl (C=O) groups is 1. The molecule has 0 spiro atoms. The summed E-state index contributed by atoms with van der Waals surface area (Å²) in [6, 6.07) is 7.62. The molecule has 1 aromatic rings. The molecule has 1 aromatic carbocycles. The van der Waals surface area contributed by atoms with Gasteiger partial charge in [0.2, 0.25) is 5.91 Å². The lowest BCUT2D eigenvalue weighted by atomic mass is 10.0. The second-order valence-electron chi connectivity index (χ2n) is 4.81. The van der Waals surface area contributed by atoms with Gasteiger partial charge in [-0.3, -0.25) is 4.79 Å². The summed E-state index contributed by atoms with van der Waals surface area (Å²) in [5, 5.41) is 0. The van der Waals surface area contributed by atoms with Crippen molar-refractivity contribution >= 4 is 5.91 Å². The molecule has 0 heterocycles. The van der Waals surface area contributed by atoms with E-state index in [2.05, 4.69) is 0 Å².